The molecule has 1 aliphatic heterocycles. The van der Waals surface area contributed by atoms with Gasteiger partial charge in [-0.2, -0.15) is 0 Å². The number of carbonyl (C=O) groups is 1. The van der Waals surface area contributed by atoms with Crippen LogP contribution in [0.1, 0.15) is 46.8 Å². The summed E-state index contributed by atoms with van der Waals surface area (Å²) in [6.45, 7) is 4.28. The van der Waals surface area contributed by atoms with Crippen molar-refractivity contribution in [3.8, 4) is 0 Å². The Morgan fingerprint density at radius 2 is 2.17 bits per heavy atom. The van der Waals surface area contributed by atoms with Crippen molar-refractivity contribution in [3.05, 3.63) is 39.5 Å². The molecule has 126 valence electrons. The van der Waals surface area contributed by atoms with Crippen LogP contribution in [0, 0.1) is 12.8 Å². The topological polar surface area (TPSA) is 59.2 Å². The Kier molecular flexibility index (Phi) is 4.09. The molecule has 1 unspecified atom stereocenters. The van der Waals surface area contributed by atoms with Crippen molar-refractivity contribution < 1.29 is 4.79 Å². The van der Waals surface area contributed by atoms with Crippen molar-refractivity contribution >= 4 is 32.7 Å². The van der Waals surface area contributed by atoms with E-state index in [1.54, 1.807) is 0 Å². The Morgan fingerprint density at radius 3 is 2.83 bits per heavy atom. The van der Waals surface area contributed by atoms with Gasteiger partial charge in [-0.3, -0.25) is 9.78 Å². The molecule has 4 nitrogen and oxygen atoms in total. The van der Waals surface area contributed by atoms with Crippen molar-refractivity contribution in [1.29, 1.82) is 0 Å². The summed E-state index contributed by atoms with van der Waals surface area (Å²) in [5.74, 6) is 1.09. The lowest BCUT2D eigenvalue weighted by molar-refractivity contribution is 0.0788. The largest absolute Gasteiger partial charge is 0.338 e. The Balaban J connectivity index is 1.84. The second-order valence-corrected chi connectivity index (χ2v) is 7.99. The normalized spacial score (nSPS) is 20.8. The van der Waals surface area contributed by atoms with Crippen LogP contribution in [0.5, 0.6) is 0 Å². The minimum atomic E-state index is 0.135. The average Bonchev–Trinajstić information content (AvgIpc) is 3.30. The molecule has 1 amide bonds. The number of aromatic nitrogens is 1. The molecule has 1 aromatic carbocycles. The lowest BCUT2D eigenvalue weighted by Gasteiger charge is -2.20. The molecule has 2 fully saturated rings. The van der Waals surface area contributed by atoms with Crippen LogP contribution in [-0.2, 0) is 0 Å². The molecule has 0 spiro atoms. The highest BCUT2D eigenvalue weighted by Gasteiger charge is 2.32. The summed E-state index contributed by atoms with van der Waals surface area (Å²) < 4.78 is 0.977. The third kappa shape index (κ3) is 2.74. The molecular formula is C19H22BrN3O. The van der Waals surface area contributed by atoms with Gasteiger partial charge in [-0.1, -0.05) is 15.9 Å². The maximum atomic E-state index is 13.3. The standard InChI is InChI=1S/C19H22BrN3O/c1-11-17(19(24)23-7-6-12(9-21)10-23)15-8-14(20)4-5-16(15)22-18(11)13-2-3-13/h4-5,8,12-13H,2-3,6-7,9-10,21H2,1H3. The fourth-order valence-corrected chi connectivity index (χ4v) is 4.11. The number of halogens is 1. The van der Waals surface area contributed by atoms with Crippen molar-refractivity contribution in [3.63, 3.8) is 0 Å². The number of hydrogen-bond acceptors (Lipinski definition) is 3. The SMILES string of the molecule is Cc1c(C2CC2)nc2ccc(Br)cc2c1C(=O)N1CCC(CN)C1. The fraction of sp³-hybridized carbons (Fsp3) is 0.474. The highest BCUT2D eigenvalue weighted by Crippen LogP contribution is 2.42. The van der Waals surface area contributed by atoms with Gasteiger partial charge in [0.1, 0.15) is 0 Å². The lowest BCUT2D eigenvalue weighted by atomic mass is 9.98. The van der Waals surface area contributed by atoms with E-state index >= 15 is 0 Å². The predicted molar refractivity (Wildman–Crippen MR) is 99.2 cm³/mol. The van der Waals surface area contributed by atoms with Crippen molar-refractivity contribution in [2.75, 3.05) is 19.6 Å². The second kappa shape index (κ2) is 6.12. The number of carbonyl (C=O) groups excluding carboxylic acids is 1. The van der Waals surface area contributed by atoms with Crippen molar-refractivity contribution in [2.45, 2.75) is 32.1 Å². The van der Waals surface area contributed by atoms with E-state index in [0.717, 1.165) is 51.7 Å². The number of amides is 1. The molecule has 2 heterocycles. The van der Waals surface area contributed by atoms with Crippen LogP contribution in [0.15, 0.2) is 22.7 Å². The van der Waals surface area contributed by atoms with Crippen LogP contribution in [-0.4, -0.2) is 35.4 Å². The van der Waals surface area contributed by atoms with E-state index < -0.39 is 0 Å². The van der Waals surface area contributed by atoms with E-state index in [4.69, 9.17) is 10.7 Å². The molecule has 2 aliphatic rings. The van der Waals surface area contributed by atoms with E-state index in [9.17, 15) is 4.79 Å². The second-order valence-electron chi connectivity index (χ2n) is 7.07. The van der Waals surface area contributed by atoms with Crippen LogP contribution >= 0.6 is 15.9 Å². The summed E-state index contributed by atoms with van der Waals surface area (Å²) in [5.41, 5.74) is 9.72. The van der Waals surface area contributed by atoms with E-state index in [2.05, 4.69) is 22.9 Å². The minimum absolute atomic E-state index is 0.135. The quantitative estimate of drug-likeness (QED) is 0.874. The van der Waals surface area contributed by atoms with Crippen LogP contribution < -0.4 is 5.73 Å². The molecule has 1 aliphatic carbocycles. The van der Waals surface area contributed by atoms with Crippen LogP contribution in [0.3, 0.4) is 0 Å². The Labute approximate surface area is 150 Å². The summed E-state index contributed by atoms with van der Waals surface area (Å²) in [7, 11) is 0. The zero-order valence-electron chi connectivity index (χ0n) is 13.9. The van der Waals surface area contributed by atoms with Gasteiger partial charge >= 0.3 is 0 Å². The molecule has 24 heavy (non-hydrogen) atoms. The first-order valence-electron chi connectivity index (χ1n) is 8.67. The monoisotopic (exact) mass is 387 g/mol. The third-order valence-corrected chi connectivity index (χ3v) is 5.81. The molecule has 4 rings (SSSR count). The molecule has 2 aromatic rings. The molecule has 5 heteroatoms. The van der Waals surface area contributed by atoms with Gasteiger partial charge in [0, 0.05) is 34.6 Å². The third-order valence-electron chi connectivity index (χ3n) is 5.31. The first-order chi connectivity index (χ1) is 11.6. The molecule has 2 N–H and O–H groups in total. The predicted octanol–water partition coefficient (Wildman–Crippen LogP) is 3.60. The molecule has 1 atom stereocenters. The van der Waals surface area contributed by atoms with E-state index in [1.807, 2.05) is 23.1 Å². The molecule has 1 saturated heterocycles. The zero-order valence-corrected chi connectivity index (χ0v) is 15.5. The summed E-state index contributed by atoms with van der Waals surface area (Å²) in [6.07, 6.45) is 3.37. The first-order valence-corrected chi connectivity index (χ1v) is 9.47. The van der Waals surface area contributed by atoms with E-state index in [0.29, 0.717) is 18.4 Å². The number of nitrogens with two attached hydrogens (primary N) is 1. The number of rotatable bonds is 3. The van der Waals surface area contributed by atoms with Gasteiger partial charge in [-0.25, -0.2) is 0 Å². The fourth-order valence-electron chi connectivity index (χ4n) is 3.75. The van der Waals surface area contributed by atoms with Gasteiger partial charge in [-0.05, 0) is 62.4 Å². The molecular weight excluding hydrogens is 366 g/mol. The molecule has 1 aromatic heterocycles. The van der Waals surface area contributed by atoms with Crippen LogP contribution in [0.25, 0.3) is 10.9 Å². The number of hydrogen-bond donors (Lipinski definition) is 1. The maximum absolute atomic E-state index is 13.3. The average molecular weight is 388 g/mol. The Bertz CT molecular complexity index is 816. The first kappa shape index (κ1) is 16.0. The van der Waals surface area contributed by atoms with Gasteiger partial charge in [-0.15, -0.1) is 0 Å². The van der Waals surface area contributed by atoms with Gasteiger partial charge < -0.3 is 10.6 Å². The van der Waals surface area contributed by atoms with Crippen molar-refractivity contribution in [1.82, 2.24) is 9.88 Å². The summed E-state index contributed by atoms with van der Waals surface area (Å²) in [4.78, 5) is 20.1. The van der Waals surface area contributed by atoms with Crippen molar-refractivity contribution in [2.24, 2.45) is 11.7 Å². The Hall–Kier alpha value is -1.46. The highest BCUT2D eigenvalue weighted by atomic mass is 79.9. The number of nitrogens with zero attached hydrogens (tertiary/aromatic N) is 2. The highest BCUT2D eigenvalue weighted by molar-refractivity contribution is 9.10. The summed E-state index contributed by atoms with van der Waals surface area (Å²) in [6, 6.07) is 6.03. The maximum Gasteiger partial charge on any atom is 0.254 e. The molecule has 1 saturated carbocycles. The number of fused-ring (bicyclic) bond motifs is 1. The van der Waals surface area contributed by atoms with Crippen LogP contribution in [0.4, 0.5) is 0 Å². The molecule has 0 bridgehead atoms. The van der Waals surface area contributed by atoms with Gasteiger partial charge in [0.15, 0.2) is 0 Å². The number of pyridine rings is 1. The van der Waals surface area contributed by atoms with Gasteiger partial charge in [0.2, 0.25) is 0 Å². The Morgan fingerprint density at radius 1 is 1.38 bits per heavy atom. The number of likely N-dealkylation sites (tertiary alicyclic amines) is 1. The van der Waals surface area contributed by atoms with Crippen LogP contribution in [0.2, 0.25) is 0 Å². The lowest BCUT2D eigenvalue weighted by Crippen LogP contribution is -2.31. The zero-order chi connectivity index (χ0) is 16.8. The smallest absolute Gasteiger partial charge is 0.254 e. The van der Waals surface area contributed by atoms with E-state index in [1.165, 1.54) is 12.8 Å². The van der Waals surface area contributed by atoms with Gasteiger partial charge in [0.05, 0.1) is 11.1 Å². The van der Waals surface area contributed by atoms with Gasteiger partial charge in [0.25, 0.3) is 5.91 Å². The van der Waals surface area contributed by atoms with E-state index in [-0.39, 0.29) is 5.91 Å². The molecule has 0 radical (unpaired) electrons. The summed E-state index contributed by atoms with van der Waals surface area (Å²) in [5, 5.41) is 0.951. The summed E-state index contributed by atoms with van der Waals surface area (Å²) >= 11 is 3.54. The minimum Gasteiger partial charge on any atom is -0.338 e. The number of benzene rings is 1.